The topological polar surface area (TPSA) is 95.6 Å². The lowest BCUT2D eigenvalue weighted by Crippen LogP contribution is -2.14. The van der Waals surface area contributed by atoms with E-state index in [-0.39, 0.29) is 28.4 Å². The summed E-state index contributed by atoms with van der Waals surface area (Å²) < 4.78 is 26.4. The molecular weight excluding hydrogens is 270 g/mol. The molecular formula is C13H10F2N2O3. The molecule has 2 aromatic rings. The number of halogens is 2. The van der Waals surface area contributed by atoms with Crippen LogP contribution in [0.2, 0.25) is 0 Å². The predicted molar refractivity (Wildman–Crippen MR) is 68.5 cm³/mol. The molecule has 2 rings (SSSR count). The molecule has 0 radical (unpaired) electrons. The molecule has 0 atom stereocenters. The highest BCUT2D eigenvalue weighted by atomic mass is 19.1. The first kappa shape index (κ1) is 13.6. The molecule has 7 heteroatoms. The van der Waals surface area contributed by atoms with Gasteiger partial charge in [0.15, 0.2) is 5.82 Å². The van der Waals surface area contributed by atoms with Crippen molar-refractivity contribution in [3.8, 4) is 11.5 Å². The summed E-state index contributed by atoms with van der Waals surface area (Å²) in [4.78, 5) is 11.9. The van der Waals surface area contributed by atoms with E-state index in [1.54, 1.807) is 0 Å². The number of phenolic OH excluding ortho intramolecular Hbond substituents is 2. The lowest BCUT2D eigenvalue weighted by molar-refractivity contribution is 0.102. The van der Waals surface area contributed by atoms with Crippen molar-refractivity contribution < 1.29 is 23.8 Å². The molecule has 0 aromatic heterocycles. The van der Waals surface area contributed by atoms with Gasteiger partial charge in [0.05, 0.1) is 5.69 Å². The van der Waals surface area contributed by atoms with E-state index < -0.39 is 17.5 Å². The van der Waals surface area contributed by atoms with Crippen molar-refractivity contribution in [2.24, 2.45) is 0 Å². The molecule has 0 saturated heterocycles. The Bertz CT molecular complexity index is 646. The molecule has 104 valence electrons. The van der Waals surface area contributed by atoms with Gasteiger partial charge in [-0.1, -0.05) is 0 Å². The van der Waals surface area contributed by atoms with Crippen LogP contribution in [-0.4, -0.2) is 16.1 Å². The van der Waals surface area contributed by atoms with Crippen LogP contribution in [0.1, 0.15) is 10.4 Å². The van der Waals surface area contributed by atoms with Crippen LogP contribution in [0.15, 0.2) is 30.3 Å². The molecule has 0 spiro atoms. The maximum absolute atomic E-state index is 13.5. The van der Waals surface area contributed by atoms with Crippen LogP contribution in [0.4, 0.5) is 20.2 Å². The monoisotopic (exact) mass is 280 g/mol. The van der Waals surface area contributed by atoms with Crippen molar-refractivity contribution in [1.29, 1.82) is 0 Å². The zero-order valence-corrected chi connectivity index (χ0v) is 10.0. The van der Waals surface area contributed by atoms with E-state index in [2.05, 4.69) is 5.32 Å². The van der Waals surface area contributed by atoms with Crippen LogP contribution < -0.4 is 11.1 Å². The normalized spacial score (nSPS) is 10.3. The van der Waals surface area contributed by atoms with Crippen LogP contribution in [0, 0.1) is 11.6 Å². The SMILES string of the molecule is Nc1cc(F)cc(F)c1NC(=O)c1cc(O)cc(O)c1. The second-order valence-corrected chi connectivity index (χ2v) is 4.04. The quantitative estimate of drug-likeness (QED) is 0.634. The first-order chi connectivity index (χ1) is 9.36. The molecule has 5 nitrogen and oxygen atoms in total. The highest BCUT2D eigenvalue weighted by Gasteiger charge is 2.14. The smallest absolute Gasteiger partial charge is 0.256 e. The van der Waals surface area contributed by atoms with Crippen molar-refractivity contribution in [3.05, 3.63) is 47.5 Å². The average Bonchev–Trinajstić information content (AvgIpc) is 2.32. The second-order valence-electron chi connectivity index (χ2n) is 4.04. The minimum absolute atomic E-state index is 0.106. The molecule has 20 heavy (non-hydrogen) atoms. The van der Waals surface area contributed by atoms with E-state index in [0.717, 1.165) is 24.3 Å². The van der Waals surface area contributed by atoms with Crippen LogP contribution in [0.5, 0.6) is 11.5 Å². The summed E-state index contributed by atoms with van der Waals surface area (Å²) in [6.45, 7) is 0. The minimum Gasteiger partial charge on any atom is -0.508 e. The molecule has 0 heterocycles. The van der Waals surface area contributed by atoms with Gasteiger partial charge in [-0.3, -0.25) is 4.79 Å². The van der Waals surface area contributed by atoms with Crippen LogP contribution >= 0.6 is 0 Å². The van der Waals surface area contributed by atoms with Gasteiger partial charge in [0.1, 0.15) is 23.0 Å². The van der Waals surface area contributed by atoms with Gasteiger partial charge < -0.3 is 21.3 Å². The summed E-state index contributed by atoms with van der Waals surface area (Å²) in [5, 5.41) is 20.7. The highest BCUT2D eigenvalue weighted by molar-refractivity contribution is 6.06. The van der Waals surface area contributed by atoms with Gasteiger partial charge in [-0.2, -0.15) is 0 Å². The molecule has 0 fully saturated rings. The van der Waals surface area contributed by atoms with Crippen molar-refractivity contribution in [2.75, 3.05) is 11.1 Å². The van der Waals surface area contributed by atoms with Crippen LogP contribution in [-0.2, 0) is 0 Å². The predicted octanol–water partition coefficient (Wildman–Crippen LogP) is 2.21. The fourth-order valence-electron chi connectivity index (χ4n) is 1.64. The summed E-state index contributed by atoms with van der Waals surface area (Å²) in [7, 11) is 0. The van der Waals surface area contributed by atoms with Crippen molar-refractivity contribution in [1.82, 2.24) is 0 Å². The van der Waals surface area contributed by atoms with E-state index in [0.29, 0.717) is 6.07 Å². The van der Waals surface area contributed by atoms with Gasteiger partial charge in [0.2, 0.25) is 0 Å². The molecule has 0 saturated carbocycles. The van der Waals surface area contributed by atoms with Crippen molar-refractivity contribution >= 4 is 17.3 Å². The number of benzene rings is 2. The maximum Gasteiger partial charge on any atom is 0.256 e. The molecule has 5 N–H and O–H groups in total. The van der Waals surface area contributed by atoms with Gasteiger partial charge >= 0.3 is 0 Å². The number of rotatable bonds is 2. The maximum atomic E-state index is 13.5. The Morgan fingerprint density at radius 3 is 2.20 bits per heavy atom. The Hall–Kier alpha value is -2.83. The first-order valence-corrected chi connectivity index (χ1v) is 5.45. The number of nitrogen functional groups attached to an aromatic ring is 1. The third kappa shape index (κ3) is 2.77. The fourth-order valence-corrected chi connectivity index (χ4v) is 1.64. The molecule has 2 aromatic carbocycles. The number of hydrogen-bond donors (Lipinski definition) is 4. The summed E-state index contributed by atoms with van der Waals surface area (Å²) >= 11 is 0. The Morgan fingerprint density at radius 1 is 1.05 bits per heavy atom. The van der Waals surface area contributed by atoms with E-state index in [9.17, 15) is 23.8 Å². The number of amides is 1. The zero-order valence-electron chi connectivity index (χ0n) is 10.0. The number of carbonyl (C=O) groups excluding carboxylic acids is 1. The molecule has 0 unspecified atom stereocenters. The van der Waals surface area contributed by atoms with Gasteiger partial charge in [-0.05, 0) is 18.2 Å². The Balaban J connectivity index is 2.32. The summed E-state index contributed by atoms with van der Waals surface area (Å²) in [5.41, 5.74) is 4.66. The van der Waals surface area contributed by atoms with E-state index >= 15 is 0 Å². The molecule has 0 aliphatic heterocycles. The molecule has 0 aliphatic rings. The molecule has 0 bridgehead atoms. The largest absolute Gasteiger partial charge is 0.508 e. The number of hydrogen-bond acceptors (Lipinski definition) is 4. The lowest BCUT2D eigenvalue weighted by Gasteiger charge is -2.10. The molecule has 0 aliphatic carbocycles. The van der Waals surface area contributed by atoms with Crippen LogP contribution in [0.3, 0.4) is 0 Å². The van der Waals surface area contributed by atoms with Crippen molar-refractivity contribution in [2.45, 2.75) is 0 Å². The average molecular weight is 280 g/mol. The fraction of sp³-hybridized carbons (Fsp3) is 0. The van der Waals surface area contributed by atoms with Gasteiger partial charge in [-0.15, -0.1) is 0 Å². The van der Waals surface area contributed by atoms with Gasteiger partial charge in [0.25, 0.3) is 5.91 Å². The summed E-state index contributed by atoms with van der Waals surface area (Å²) in [6.07, 6.45) is 0. The lowest BCUT2D eigenvalue weighted by atomic mass is 10.1. The van der Waals surface area contributed by atoms with Crippen LogP contribution in [0.25, 0.3) is 0 Å². The minimum atomic E-state index is -1.03. The van der Waals surface area contributed by atoms with Gasteiger partial charge in [0, 0.05) is 17.7 Å². The molecule has 1 amide bonds. The standard InChI is InChI=1S/C13H10F2N2O3/c14-7-3-10(15)12(11(16)4-7)17-13(20)6-1-8(18)5-9(19)2-6/h1-5,18-19H,16H2,(H,17,20). The second kappa shape index (κ2) is 5.04. The third-order valence-electron chi connectivity index (χ3n) is 2.49. The Labute approximate surface area is 112 Å². The number of phenols is 2. The van der Waals surface area contributed by atoms with E-state index in [1.807, 2.05) is 0 Å². The summed E-state index contributed by atoms with van der Waals surface area (Å²) in [5.74, 6) is -3.37. The number of aromatic hydroxyl groups is 2. The summed E-state index contributed by atoms with van der Waals surface area (Å²) in [6, 6.07) is 4.62. The number of nitrogens with one attached hydrogen (secondary N) is 1. The number of anilines is 2. The van der Waals surface area contributed by atoms with E-state index in [4.69, 9.17) is 5.73 Å². The highest BCUT2D eigenvalue weighted by Crippen LogP contribution is 2.26. The zero-order chi connectivity index (χ0) is 14.9. The van der Waals surface area contributed by atoms with Gasteiger partial charge in [-0.25, -0.2) is 8.78 Å². The third-order valence-corrected chi connectivity index (χ3v) is 2.49. The van der Waals surface area contributed by atoms with E-state index in [1.165, 1.54) is 0 Å². The Kier molecular flexibility index (Phi) is 3.43. The number of carbonyl (C=O) groups is 1. The van der Waals surface area contributed by atoms with Crippen molar-refractivity contribution in [3.63, 3.8) is 0 Å². The number of nitrogens with two attached hydrogens (primary N) is 1. The Morgan fingerprint density at radius 2 is 1.65 bits per heavy atom. The first-order valence-electron chi connectivity index (χ1n) is 5.45.